The highest BCUT2D eigenvalue weighted by atomic mass is 32.2. The zero-order chi connectivity index (χ0) is 21.3. The second-order valence-corrected chi connectivity index (χ2v) is 9.80. The first-order chi connectivity index (χ1) is 14.3. The fourth-order valence-electron chi connectivity index (χ4n) is 3.79. The molecule has 1 aliphatic rings. The summed E-state index contributed by atoms with van der Waals surface area (Å²) in [6.45, 7) is 2.46. The van der Waals surface area contributed by atoms with E-state index >= 15 is 0 Å². The van der Waals surface area contributed by atoms with Crippen LogP contribution < -0.4 is 4.74 Å². The lowest BCUT2D eigenvalue weighted by Gasteiger charge is -2.18. The van der Waals surface area contributed by atoms with Crippen LogP contribution >= 0.6 is 0 Å². The van der Waals surface area contributed by atoms with Gasteiger partial charge in [-0.3, -0.25) is 9.78 Å². The maximum atomic E-state index is 12.9. The lowest BCUT2D eigenvalue weighted by atomic mass is 10.1. The Balaban J connectivity index is 1.42. The van der Waals surface area contributed by atoms with E-state index in [1.165, 1.54) is 0 Å². The normalized spacial score (nSPS) is 15.6. The summed E-state index contributed by atoms with van der Waals surface area (Å²) < 4.78 is 31.4. The predicted octanol–water partition coefficient (Wildman–Crippen LogP) is 3.38. The lowest BCUT2D eigenvalue weighted by Crippen LogP contribution is -2.28. The van der Waals surface area contributed by atoms with E-state index in [2.05, 4.69) is 11.1 Å². The third-order valence-corrected chi connectivity index (χ3v) is 7.06. The number of nitrogens with zero attached hydrogens (tertiary/aromatic N) is 2. The van der Waals surface area contributed by atoms with Crippen molar-refractivity contribution in [2.75, 3.05) is 12.8 Å². The molecular formula is C23H24N2O4S. The average Bonchev–Trinajstić information content (AvgIpc) is 3.10. The van der Waals surface area contributed by atoms with Crippen molar-refractivity contribution in [3.63, 3.8) is 0 Å². The molecular weight excluding hydrogens is 400 g/mol. The van der Waals surface area contributed by atoms with Gasteiger partial charge in [-0.15, -0.1) is 0 Å². The third kappa shape index (κ3) is 4.16. The number of hydrogen-bond acceptors (Lipinski definition) is 5. The van der Waals surface area contributed by atoms with Gasteiger partial charge in [-0.05, 0) is 36.2 Å². The van der Waals surface area contributed by atoms with E-state index in [0.29, 0.717) is 12.1 Å². The second-order valence-electron chi connectivity index (χ2n) is 7.72. The molecule has 0 aliphatic carbocycles. The molecule has 0 spiro atoms. The first-order valence-corrected chi connectivity index (χ1v) is 11.6. The molecule has 7 heteroatoms. The quantitative estimate of drug-likeness (QED) is 0.606. The predicted molar refractivity (Wildman–Crippen MR) is 115 cm³/mol. The van der Waals surface area contributed by atoms with Crippen molar-refractivity contribution in [3.8, 4) is 5.75 Å². The molecule has 0 bridgehead atoms. The van der Waals surface area contributed by atoms with E-state index in [1.807, 2.05) is 31.2 Å². The molecule has 1 aliphatic heterocycles. The van der Waals surface area contributed by atoms with Gasteiger partial charge >= 0.3 is 0 Å². The van der Waals surface area contributed by atoms with Gasteiger partial charge in [-0.1, -0.05) is 30.3 Å². The molecule has 4 rings (SSSR count). The highest BCUT2D eigenvalue weighted by Gasteiger charge is 2.22. The monoisotopic (exact) mass is 424 g/mol. The summed E-state index contributed by atoms with van der Waals surface area (Å²) in [5.41, 5.74) is 2.59. The smallest absolute Gasteiger partial charge is 0.223 e. The largest absolute Gasteiger partial charge is 0.490 e. The van der Waals surface area contributed by atoms with Gasteiger partial charge in [0.25, 0.3) is 0 Å². The number of carbonyl (C=O) groups excluding carboxylic acids is 1. The maximum absolute atomic E-state index is 12.9. The summed E-state index contributed by atoms with van der Waals surface area (Å²) in [5, 5.41) is 0.761. The number of para-hydroxylation sites is 1. The Kier molecular flexibility index (Phi) is 5.47. The number of benzene rings is 2. The Hall–Kier alpha value is -2.93. The zero-order valence-corrected chi connectivity index (χ0v) is 17.9. The van der Waals surface area contributed by atoms with Crippen molar-refractivity contribution >= 4 is 26.6 Å². The number of amides is 1. The van der Waals surface area contributed by atoms with E-state index in [0.717, 1.165) is 28.7 Å². The van der Waals surface area contributed by atoms with Crippen LogP contribution in [-0.4, -0.2) is 43.1 Å². The van der Waals surface area contributed by atoms with E-state index in [1.54, 1.807) is 36.3 Å². The number of aromatic nitrogens is 1. The molecule has 3 aromatic rings. The van der Waals surface area contributed by atoms with E-state index in [9.17, 15) is 13.2 Å². The van der Waals surface area contributed by atoms with Crippen LogP contribution in [0.5, 0.6) is 5.75 Å². The van der Waals surface area contributed by atoms with E-state index in [4.69, 9.17) is 4.74 Å². The van der Waals surface area contributed by atoms with Crippen LogP contribution in [0.4, 0.5) is 0 Å². The molecule has 2 aromatic carbocycles. The highest BCUT2D eigenvalue weighted by molar-refractivity contribution is 7.91. The number of hydrogen-bond donors (Lipinski definition) is 0. The summed E-state index contributed by atoms with van der Waals surface area (Å²) in [5.74, 6) is 0.438. The number of rotatable bonds is 6. The van der Waals surface area contributed by atoms with Gasteiger partial charge in [0.15, 0.2) is 9.84 Å². The third-order valence-electron chi connectivity index (χ3n) is 5.32. The number of pyridine rings is 1. The molecule has 1 unspecified atom stereocenters. The average molecular weight is 425 g/mol. The van der Waals surface area contributed by atoms with Gasteiger partial charge in [0.05, 0.1) is 16.2 Å². The molecule has 0 saturated heterocycles. The number of sulfone groups is 1. The number of ether oxygens (including phenoxy) is 1. The molecule has 0 saturated carbocycles. The van der Waals surface area contributed by atoms with Crippen molar-refractivity contribution in [2.24, 2.45) is 0 Å². The molecule has 0 fully saturated rings. The second kappa shape index (κ2) is 8.07. The molecule has 1 amide bonds. The standard InChI is InChI=1S/C23H24N2O4S/c1-16-13-19-14-17(8-9-20(19)29-16)15-25(2)22(26)10-12-30(27,28)21-7-3-5-18-6-4-11-24-23(18)21/h3-9,11,14,16H,10,12-13,15H2,1-2H3. The fourth-order valence-corrected chi connectivity index (χ4v) is 5.20. The van der Waals surface area contributed by atoms with Gasteiger partial charge in [0, 0.05) is 38.0 Å². The van der Waals surface area contributed by atoms with Crippen LogP contribution in [0.25, 0.3) is 10.9 Å². The summed E-state index contributed by atoms with van der Waals surface area (Å²) in [7, 11) is -1.93. The Morgan fingerprint density at radius 1 is 1.20 bits per heavy atom. The van der Waals surface area contributed by atoms with Crippen molar-refractivity contribution in [1.82, 2.24) is 9.88 Å². The van der Waals surface area contributed by atoms with Gasteiger partial charge in [0.1, 0.15) is 11.9 Å². The van der Waals surface area contributed by atoms with Crippen molar-refractivity contribution in [3.05, 3.63) is 65.9 Å². The van der Waals surface area contributed by atoms with Crippen LogP contribution in [0.2, 0.25) is 0 Å². The van der Waals surface area contributed by atoms with Gasteiger partial charge in [-0.2, -0.15) is 0 Å². The molecule has 1 aromatic heterocycles. The van der Waals surface area contributed by atoms with Gasteiger partial charge in [-0.25, -0.2) is 8.42 Å². The van der Waals surface area contributed by atoms with Gasteiger partial charge < -0.3 is 9.64 Å². The van der Waals surface area contributed by atoms with Crippen molar-refractivity contribution in [2.45, 2.75) is 37.3 Å². The van der Waals surface area contributed by atoms with Crippen LogP contribution in [0.3, 0.4) is 0 Å². The Morgan fingerprint density at radius 2 is 2.00 bits per heavy atom. The first-order valence-electron chi connectivity index (χ1n) is 9.92. The van der Waals surface area contributed by atoms with E-state index < -0.39 is 9.84 Å². The summed E-state index contributed by atoms with van der Waals surface area (Å²) in [6.07, 6.45) is 2.52. The lowest BCUT2D eigenvalue weighted by molar-refractivity contribution is -0.130. The number of carbonyl (C=O) groups is 1. The Labute approximate surface area is 176 Å². The minimum atomic E-state index is -3.63. The molecule has 0 N–H and O–H groups in total. The molecule has 0 radical (unpaired) electrons. The molecule has 2 heterocycles. The highest BCUT2D eigenvalue weighted by Crippen LogP contribution is 2.29. The molecule has 30 heavy (non-hydrogen) atoms. The Bertz CT molecular complexity index is 1200. The molecule has 156 valence electrons. The van der Waals surface area contributed by atoms with Crippen LogP contribution in [0.15, 0.2) is 59.6 Å². The van der Waals surface area contributed by atoms with E-state index in [-0.39, 0.29) is 29.1 Å². The van der Waals surface area contributed by atoms with Crippen LogP contribution in [-0.2, 0) is 27.6 Å². The number of fused-ring (bicyclic) bond motifs is 2. The fraction of sp³-hybridized carbons (Fsp3) is 0.304. The molecule has 1 atom stereocenters. The first kappa shape index (κ1) is 20.3. The minimum absolute atomic E-state index is 0.0762. The summed E-state index contributed by atoms with van der Waals surface area (Å²) >= 11 is 0. The SMILES string of the molecule is CC1Cc2cc(CN(C)C(=O)CCS(=O)(=O)c3cccc4cccnc34)ccc2O1. The summed E-state index contributed by atoms with van der Waals surface area (Å²) in [6, 6.07) is 14.6. The minimum Gasteiger partial charge on any atom is -0.490 e. The Morgan fingerprint density at radius 3 is 2.83 bits per heavy atom. The van der Waals surface area contributed by atoms with Crippen molar-refractivity contribution in [1.29, 1.82) is 0 Å². The zero-order valence-electron chi connectivity index (χ0n) is 17.0. The molecule has 6 nitrogen and oxygen atoms in total. The topological polar surface area (TPSA) is 76.6 Å². The van der Waals surface area contributed by atoms with Crippen molar-refractivity contribution < 1.29 is 17.9 Å². The van der Waals surface area contributed by atoms with Crippen LogP contribution in [0.1, 0.15) is 24.5 Å². The summed E-state index contributed by atoms with van der Waals surface area (Å²) in [4.78, 5) is 18.5. The maximum Gasteiger partial charge on any atom is 0.223 e. The van der Waals surface area contributed by atoms with Crippen LogP contribution in [0, 0.1) is 0 Å². The van der Waals surface area contributed by atoms with Gasteiger partial charge in [0.2, 0.25) is 5.91 Å².